The van der Waals surface area contributed by atoms with Gasteiger partial charge >= 0.3 is 0 Å². The molecule has 1 saturated heterocycles. The van der Waals surface area contributed by atoms with Crippen molar-refractivity contribution in [2.75, 3.05) is 32.1 Å². The average Bonchev–Trinajstić information content (AvgIpc) is 2.87. The van der Waals surface area contributed by atoms with Crippen LogP contribution in [0.4, 0.5) is 5.82 Å². The molecule has 0 saturated carbocycles. The van der Waals surface area contributed by atoms with Gasteiger partial charge in [-0.05, 0) is 50.5 Å². The van der Waals surface area contributed by atoms with Crippen molar-refractivity contribution in [3.05, 3.63) is 88.7 Å². The molecule has 1 aliphatic carbocycles. The second-order valence-corrected chi connectivity index (χ2v) is 10.7. The van der Waals surface area contributed by atoms with Crippen LogP contribution in [-0.2, 0) is 9.47 Å². The normalized spacial score (nSPS) is 23.7. The molecule has 194 valence electrons. The summed E-state index contributed by atoms with van der Waals surface area (Å²) in [7, 11) is 3.89. The first-order chi connectivity index (χ1) is 17.8. The second kappa shape index (κ2) is 10.2. The summed E-state index contributed by atoms with van der Waals surface area (Å²) in [6.45, 7) is 12.4. The number of allylic oxidation sites excluding steroid dienone is 3. The highest BCUT2D eigenvalue weighted by molar-refractivity contribution is 5.86. The number of anilines is 1. The Morgan fingerprint density at radius 1 is 1.08 bits per heavy atom. The van der Waals surface area contributed by atoms with Gasteiger partial charge in [0.2, 0.25) is 0 Å². The van der Waals surface area contributed by atoms with E-state index in [1.807, 2.05) is 6.20 Å². The lowest BCUT2D eigenvalue weighted by molar-refractivity contribution is -0.00545. The van der Waals surface area contributed by atoms with Crippen LogP contribution in [0, 0.1) is 6.92 Å². The number of nitrogens with zero attached hydrogens (tertiary/aromatic N) is 4. The molecule has 2 aliphatic heterocycles. The lowest BCUT2D eigenvalue weighted by Gasteiger charge is -2.38. The van der Waals surface area contributed by atoms with Gasteiger partial charge in [-0.25, -0.2) is 4.98 Å². The minimum Gasteiger partial charge on any atom is -0.496 e. The number of hydrogen-bond donors (Lipinski definition) is 0. The van der Waals surface area contributed by atoms with Crippen molar-refractivity contribution in [1.82, 2.24) is 14.9 Å². The van der Waals surface area contributed by atoms with E-state index in [1.54, 1.807) is 7.11 Å². The summed E-state index contributed by atoms with van der Waals surface area (Å²) in [5.74, 6) is 2.27. The number of rotatable bonds is 5. The first-order valence-corrected chi connectivity index (χ1v) is 13.2. The van der Waals surface area contributed by atoms with Gasteiger partial charge in [0.1, 0.15) is 11.6 Å². The molecule has 4 heterocycles. The fraction of sp³-hybridized carbons (Fsp3) is 0.419. The van der Waals surface area contributed by atoms with Crippen molar-refractivity contribution < 1.29 is 9.47 Å². The molecule has 5 rings (SSSR count). The summed E-state index contributed by atoms with van der Waals surface area (Å²) in [6, 6.07) is 8.68. The molecule has 2 aromatic rings. The van der Waals surface area contributed by atoms with Gasteiger partial charge < -0.3 is 19.3 Å². The molecule has 0 aromatic carbocycles. The Balaban J connectivity index is 1.46. The van der Waals surface area contributed by atoms with E-state index in [4.69, 9.17) is 19.4 Å². The molecule has 37 heavy (non-hydrogen) atoms. The zero-order chi connectivity index (χ0) is 26.3. The number of fused-ring (bicyclic) bond motifs is 1. The zero-order valence-electron chi connectivity index (χ0n) is 23.0. The monoisotopic (exact) mass is 498 g/mol. The molecule has 6 nitrogen and oxygen atoms in total. The third-order valence-corrected chi connectivity index (χ3v) is 7.40. The standard InChI is InChI=1S/C31H38N4O2/c1-19(2)28-13-12-24(22(5)33-28)25-9-8-10-26-30(25)34(6)18-27(31(26)36-7)23-11-14-29(32-15-23)35-16-20(3)37-21(4)17-35/h8-15,18-21,30H,16-17H2,1-7H3/t20-,21+,30?. The topological polar surface area (TPSA) is 50.7 Å². The molecule has 1 unspecified atom stereocenters. The van der Waals surface area contributed by atoms with Crippen molar-refractivity contribution in [2.24, 2.45) is 0 Å². The van der Waals surface area contributed by atoms with E-state index in [0.717, 1.165) is 52.8 Å². The Morgan fingerprint density at radius 2 is 1.84 bits per heavy atom. The maximum absolute atomic E-state index is 6.05. The number of morpholine rings is 1. The van der Waals surface area contributed by atoms with Gasteiger partial charge in [0.05, 0.1) is 25.4 Å². The number of pyridine rings is 2. The van der Waals surface area contributed by atoms with E-state index >= 15 is 0 Å². The van der Waals surface area contributed by atoms with E-state index in [2.05, 4.69) is 100 Å². The third-order valence-electron chi connectivity index (χ3n) is 7.40. The Morgan fingerprint density at radius 3 is 2.46 bits per heavy atom. The van der Waals surface area contributed by atoms with Crippen molar-refractivity contribution in [3.63, 3.8) is 0 Å². The highest BCUT2D eigenvalue weighted by Crippen LogP contribution is 2.41. The molecule has 0 N–H and O–H groups in total. The number of likely N-dealkylation sites (N-methyl/N-ethyl adjacent to an activating group) is 1. The number of methoxy groups -OCH3 is 1. The number of hydrogen-bond acceptors (Lipinski definition) is 6. The van der Waals surface area contributed by atoms with E-state index in [0.29, 0.717) is 5.92 Å². The summed E-state index contributed by atoms with van der Waals surface area (Å²) < 4.78 is 11.9. The largest absolute Gasteiger partial charge is 0.496 e. The third kappa shape index (κ3) is 4.82. The van der Waals surface area contributed by atoms with Gasteiger partial charge in [-0.2, -0.15) is 0 Å². The van der Waals surface area contributed by atoms with Crippen LogP contribution in [0.5, 0.6) is 0 Å². The van der Waals surface area contributed by atoms with E-state index < -0.39 is 0 Å². The predicted molar refractivity (Wildman–Crippen MR) is 150 cm³/mol. The Labute approximate surface area is 221 Å². The van der Waals surface area contributed by atoms with Gasteiger partial charge in [0.25, 0.3) is 0 Å². The molecular weight excluding hydrogens is 460 g/mol. The van der Waals surface area contributed by atoms with Gasteiger partial charge in [-0.15, -0.1) is 0 Å². The summed E-state index contributed by atoms with van der Waals surface area (Å²) in [4.78, 5) is 14.3. The smallest absolute Gasteiger partial charge is 0.133 e. The number of aromatic nitrogens is 2. The van der Waals surface area contributed by atoms with E-state index in [-0.39, 0.29) is 18.2 Å². The minimum absolute atomic E-state index is 0.0534. The molecule has 1 fully saturated rings. The van der Waals surface area contributed by atoms with Gasteiger partial charge in [0.15, 0.2) is 0 Å². The lowest BCUT2D eigenvalue weighted by atomic mass is 9.83. The lowest BCUT2D eigenvalue weighted by Crippen LogP contribution is -2.45. The zero-order valence-corrected chi connectivity index (χ0v) is 23.0. The highest BCUT2D eigenvalue weighted by atomic mass is 16.5. The predicted octanol–water partition coefficient (Wildman–Crippen LogP) is 5.73. The molecule has 3 aliphatic rings. The maximum Gasteiger partial charge on any atom is 0.133 e. The summed E-state index contributed by atoms with van der Waals surface area (Å²) in [6.07, 6.45) is 11.0. The van der Waals surface area contributed by atoms with Gasteiger partial charge in [0, 0.05) is 66.2 Å². The van der Waals surface area contributed by atoms with Crippen molar-refractivity contribution in [3.8, 4) is 0 Å². The first kappa shape index (κ1) is 25.3. The minimum atomic E-state index is 0.0534. The number of ether oxygens (including phenoxy) is 2. The maximum atomic E-state index is 6.05. The molecule has 2 aromatic heterocycles. The Bertz CT molecular complexity index is 1280. The SMILES string of the molecule is COC1=C2C=CC=C(c3ccc(C(C)C)nc3C)C2N(C)C=C1c1ccc(N2C[C@@H](C)O[C@@H](C)C2)nc1. The fourth-order valence-corrected chi connectivity index (χ4v) is 5.71. The Hall–Kier alpha value is -3.38. The molecule has 6 heteroatoms. The van der Waals surface area contributed by atoms with Gasteiger partial charge in [-0.1, -0.05) is 38.1 Å². The summed E-state index contributed by atoms with van der Waals surface area (Å²) in [5, 5.41) is 0. The quantitative estimate of drug-likeness (QED) is 0.525. The highest BCUT2D eigenvalue weighted by Gasteiger charge is 2.33. The van der Waals surface area contributed by atoms with Crippen LogP contribution < -0.4 is 4.90 Å². The van der Waals surface area contributed by atoms with Crippen molar-refractivity contribution in [1.29, 1.82) is 0 Å². The van der Waals surface area contributed by atoms with Crippen LogP contribution in [0.15, 0.2) is 66.2 Å². The molecule has 0 spiro atoms. The molecule has 3 atom stereocenters. The molecule has 0 amide bonds. The molecule has 0 radical (unpaired) electrons. The van der Waals surface area contributed by atoms with Gasteiger partial charge in [-0.3, -0.25) is 4.98 Å². The fourth-order valence-electron chi connectivity index (χ4n) is 5.71. The second-order valence-electron chi connectivity index (χ2n) is 10.7. The summed E-state index contributed by atoms with van der Waals surface area (Å²) >= 11 is 0. The molecular formula is C31H38N4O2. The van der Waals surface area contributed by atoms with E-state index in [1.165, 1.54) is 11.1 Å². The van der Waals surface area contributed by atoms with E-state index in [9.17, 15) is 0 Å². The molecule has 0 bridgehead atoms. The van der Waals surface area contributed by atoms with Crippen LogP contribution in [-0.4, -0.2) is 60.4 Å². The van der Waals surface area contributed by atoms with Crippen LogP contribution in [0.2, 0.25) is 0 Å². The van der Waals surface area contributed by atoms with Crippen LogP contribution in [0.3, 0.4) is 0 Å². The Kier molecular flexibility index (Phi) is 6.95. The number of aryl methyl sites for hydroxylation is 1. The first-order valence-electron chi connectivity index (χ1n) is 13.2. The van der Waals surface area contributed by atoms with Crippen LogP contribution in [0.25, 0.3) is 11.1 Å². The van der Waals surface area contributed by atoms with Crippen molar-refractivity contribution >= 4 is 17.0 Å². The summed E-state index contributed by atoms with van der Waals surface area (Å²) in [5.41, 5.74) is 7.81. The van der Waals surface area contributed by atoms with Crippen LogP contribution in [0.1, 0.15) is 56.1 Å². The van der Waals surface area contributed by atoms with Crippen molar-refractivity contribution in [2.45, 2.75) is 58.8 Å². The van der Waals surface area contributed by atoms with Crippen LogP contribution >= 0.6 is 0 Å². The average molecular weight is 499 g/mol.